The lowest BCUT2D eigenvalue weighted by Crippen LogP contribution is -2.37. The first kappa shape index (κ1) is 13.3. The van der Waals surface area contributed by atoms with Crippen molar-refractivity contribution in [1.82, 2.24) is 0 Å². The zero-order chi connectivity index (χ0) is 14.2. The second-order valence-electron chi connectivity index (χ2n) is 5.07. The average Bonchev–Trinajstić information content (AvgIpc) is 2.73. The Balaban J connectivity index is 2.25. The van der Waals surface area contributed by atoms with E-state index in [2.05, 4.69) is 0 Å². The number of carboxylic acids is 1. The molecule has 1 unspecified atom stereocenters. The first-order chi connectivity index (χ1) is 8.83. The van der Waals surface area contributed by atoms with E-state index in [4.69, 9.17) is 10.8 Å². The average molecular weight is 266 g/mol. The third-order valence-electron chi connectivity index (χ3n) is 3.60. The monoisotopic (exact) mass is 266 g/mol. The van der Waals surface area contributed by atoms with Gasteiger partial charge < -0.3 is 15.7 Å². The number of amides is 1. The van der Waals surface area contributed by atoms with Crippen LogP contribution in [0.4, 0.5) is 10.1 Å². The van der Waals surface area contributed by atoms with Crippen LogP contribution >= 0.6 is 0 Å². The third kappa shape index (κ3) is 2.38. The van der Waals surface area contributed by atoms with E-state index in [1.54, 1.807) is 11.8 Å². The van der Waals surface area contributed by atoms with Crippen LogP contribution in [0.5, 0.6) is 0 Å². The summed E-state index contributed by atoms with van der Waals surface area (Å²) in [5.41, 5.74) is 4.87. The van der Waals surface area contributed by atoms with E-state index in [1.807, 2.05) is 0 Å². The molecule has 1 aromatic carbocycles. The highest BCUT2D eigenvalue weighted by Crippen LogP contribution is 2.34. The largest absolute Gasteiger partial charge is 0.478 e. The van der Waals surface area contributed by atoms with Crippen molar-refractivity contribution in [3.8, 4) is 0 Å². The number of aromatic carboxylic acids is 1. The number of rotatable bonds is 3. The van der Waals surface area contributed by atoms with Crippen LogP contribution < -0.4 is 10.6 Å². The van der Waals surface area contributed by atoms with Crippen molar-refractivity contribution < 1.29 is 19.1 Å². The summed E-state index contributed by atoms with van der Waals surface area (Å²) in [4.78, 5) is 23.8. The van der Waals surface area contributed by atoms with E-state index in [-0.39, 0.29) is 5.56 Å². The summed E-state index contributed by atoms with van der Waals surface area (Å²) in [6, 6.07) is 3.75. The lowest BCUT2D eigenvalue weighted by atomic mass is 9.89. The number of hydrogen-bond acceptors (Lipinski definition) is 3. The van der Waals surface area contributed by atoms with Gasteiger partial charge in [-0.15, -0.1) is 0 Å². The maximum absolute atomic E-state index is 13.9. The number of carbonyl (C=O) groups is 2. The second-order valence-corrected chi connectivity index (χ2v) is 5.07. The molecular weight excluding hydrogens is 251 g/mol. The van der Waals surface area contributed by atoms with Gasteiger partial charge in [0.05, 0.1) is 16.7 Å². The minimum atomic E-state index is -1.17. The molecule has 0 spiro atoms. The Labute approximate surface area is 109 Å². The number of benzene rings is 1. The van der Waals surface area contributed by atoms with Crippen molar-refractivity contribution in [3.63, 3.8) is 0 Å². The molecule has 1 aliphatic heterocycles. The van der Waals surface area contributed by atoms with Crippen LogP contribution in [-0.4, -0.2) is 30.1 Å². The van der Waals surface area contributed by atoms with E-state index >= 15 is 0 Å². The van der Waals surface area contributed by atoms with Crippen LogP contribution in [-0.2, 0) is 4.79 Å². The van der Waals surface area contributed by atoms with Crippen molar-refractivity contribution >= 4 is 17.6 Å². The second kappa shape index (κ2) is 4.53. The lowest BCUT2D eigenvalue weighted by molar-refractivity contribution is -0.125. The molecule has 0 saturated carbocycles. The van der Waals surface area contributed by atoms with Gasteiger partial charge in [0.15, 0.2) is 0 Å². The van der Waals surface area contributed by atoms with Crippen LogP contribution in [0.25, 0.3) is 0 Å². The molecule has 19 heavy (non-hydrogen) atoms. The first-order valence-corrected chi connectivity index (χ1v) is 5.91. The van der Waals surface area contributed by atoms with Gasteiger partial charge in [0.25, 0.3) is 0 Å². The van der Waals surface area contributed by atoms with Gasteiger partial charge in [0, 0.05) is 13.1 Å². The van der Waals surface area contributed by atoms with Gasteiger partial charge in [0.2, 0.25) is 5.91 Å². The number of primary amides is 1. The predicted molar refractivity (Wildman–Crippen MR) is 67.5 cm³/mol. The van der Waals surface area contributed by atoms with Crippen LogP contribution in [0.2, 0.25) is 0 Å². The highest BCUT2D eigenvalue weighted by molar-refractivity contribution is 5.88. The molecule has 1 atom stereocenters. The van der Waals surface area contributed by atoms with Crippen molar-refractivity contribution in [2.24, 2.45) is 11.1 Å². The molecule has 1 fully saturated rings. The molecule has 102 valence electrons. The van der Waals surface area contributed by atoms with Crippen molar-refractivity contribution in [1.29, 1.82) is 0 Å². The zero-order valence-electron chi connectivity index (χ0n) is 10.5. The fourth-order valence-corrected chi connectivity index (χ4v) is 2.26. The van der Waals surface area contributed by atoms with Gasteiger partial charge in [-0.2, -0.15) is 0 Å². The molecule has 0 aliphatic carbocycles. The molecule has 1 aromatic rings. The molecule has 1 saturated heterocycles. The van der Waals surface area contributed by atoms with Crippen LogP contribution in [0.15, 0.2) is 18.2 Å². The van der Waals surface area contributed by atoms with E-state index < -0.39 is 23.1 Å². The molecule has 3 N–H and O–H groups in total. The van der Waals surface area contributed by atoms with E-state index in [1.165, 1.54) is 12.1 Å². The highest BCUT2D eigenvalue weighted by atomic mass is 19.1. The molecule has 2 rings (SSSR count). The number of carboxylic acid groups (broad SMARTS) is 1. The van der Waals surface area contributed by atoms with Gasteiger partial charge in [-0.25, -0.2) is 9.18 Å². The highest BCUT2D eigenvalue weighted by Gasteiger charge is 2.39. The minimum Gasteiger partial charge on any atom is -0.478 e. The Morgan fingerprint density at radius 1 is 1.47 bits per heavy atom. The number of hydrogen-bond donors (Lipinski definition) is 2. The zero-order valence-corrected chi connectivity index (χ0v) is 10.5. The van der Waals surface area contributed by atoms with Crippen LogP contribution in [0.1, 0.15) is 23.7 Å². The SMILES string of the molecule is CC1(C(N)=O)CCN(c2ccc(C(=O)O)cc2F)C1. The molecule has 0 radical (unpaired) electrons. The smallest absolute Gasteiger partial charge is 0.335 e. The molecule has 1 aliphatic rings. The van der Waals surface area contributed by atoms with Crippen molar-refractivity contribution in [2.75, 3.05) is 18.0 Å². The molecule has 1 amide bonds. The molecule has 0 aromatic heterocycles. The van der Waals surface area contributed by atoms with Gasteiger partial charge in [0.1, 0.15) is 5.82 Å². The van der Waals surface area contributed by atoms with E-state index in [0.717, 1.165) is 6.07 Å². The van der Waals surface area contributed by atoms with Crippen molar-refractivity contribution in [2.45, 2.75) is 13.3 Å². The minimum absolute atomic E-state index is 0.0990. The topological polar surface area (TPSA) is 83.6 Å². The molecule has 5 nitrogen and oxygen atoms in total. The summed E-state index contributed by atoms with van der Waals surface area (Å²) in [7, 11) is 0. The Morgan fingerprint density at radius 2 is 2.16 bits per heavy atom. The van der Waals surface area contributed by atoms with Gasteiger partial charge >= 0.3 is 5.97 Å². The summed E-state index contributed by atoms with van der Waals surface area (Å²) in [6.07, 6.45) is 0.558. The third-order valence-corrected chi connectivity index (χ3v) is 3.60. The Hall–Kier alpha value is -2.11. The van der Waals surface area contributed by atoms with Gasteiger partial charge in [-0.1, -0.05) is 0 Å². The van der Waals surface area contributed by atoms with Crippen molar-refractivity contribution in [3.05, 3.63) is 29.6 Å². The fraction of sp³-hybridized carbons (Fsp3) is 0.385. The summed E-state index contributed by atoms with van der Waals surface area (Å²) in [5.74, 6) is -2.18. The normalized spacial score (nSPS) is 22.5. The Bertz CT molecular complexity index is 547. The molecular formula is C13H15FN2O3. The lowest BCUT2D eigenvalue weighted by Gasteiger charge is -2.23. The maximum atomic E-state index is 13.9. The summed E-state index contributed by atoms with van der Waals surface area (Å²) in [6.45, 7) is 2.60. The quantitative estimate of drug-likeness (QED) is 0.861. The Morgan fingerprint density at radius 3 is 2.63 bits per heavy atom. The molecule has 1 heterocycles. The summed E-state index contributed by atoms with van der Waals surface area (Å²) in [5, 5.41) is 8.78. The van der Waals surface area contributed by atoms with E-state index in [9.17, 15) is 14.0 Å². The number of nitrogens with two attached hydrogens (primary N) is 1. The predicted octanol–water partition coefficient (Wildman–Crippen LogP) is 1.23. The van der Waals surface area contributed by atoms with Crippen LogP contribution in [0.3, 0.4) is 0 Å². The molecule has 0 bridgehead atoms. The van der Waals surface area contributed by atoms with E-state index in [0.29, 0.717) is 25.2 Å². The number of anilines is 1. The van der Waals surface area contributed by atoms with Gasteiger partial charge in [-0.3, -0.25) is 4.79 Å². The summed E-state index contributed by atoms with van der Waals surface area (Å²) >= 11 is 0. The number of carbonyl (C=O) groups excluding carboxylic acids is 1. The van der Waals surface area contributed by atoms with Gasteiger partial charge in [-0.05, 0) is 31.5 Å². The fourth-order valence-electron chi connectivity index (χ4n) is 2.26. The summed E-state index contributed by atoms with van der Waals surface area (Å²) < 4.78 is 13.9. The van der Waals surface area contributed by atoms with Crippen LogP contribution in [0, 0.1) is 11.2 Å². The standard InChI is InChI=1S/C13H15FN2O3/c1-13(12(15)19)4-5-16(7-13)10-3-2-8(11(17)18)6-9(10)14/h2-3,6H,4-5,7H2,1H3,(H2,15,19)(H,17,18). The Kier molecular flexibility index (Phi) is 3.18. The molecule has 6 heteroatoms. The number of halogens is 1. The maximum Gasteiger partial charge on any atom is 0.335 e. The number of nitrogens with zero attached hydrogens (tertiary/aromatic N) is 1. The first-order valence-electron chi connectivity index (χ1n) is 5.91.